The van der Waals surface area contributed by atoms with E-state index in [1.165, 1.54) is 77.4 Å². The molecule has 0 aliphatic heterocycles. The Labute approximate surface area is 395 Å². The van der Waals surface area contributed by atoms with E-state index in [4.69, 9.17) is 0 Å². The number of nitriles is 1. The number of fused-ring (bicyclic) bond motifs is 6. The van der Waals surface area contributed by atoms with Gasteiger partial charge in [0.05, 0.1) is 72.9 Å². The molecule has 0 saturated heterocycles. The van der Waals surface area contributed by atoms with E-state index in [2.05, 4.69) is 0 Å². The number of nitrogens with zero attached hydrogens (tertiary/aromatic N) is 3. The molecule has 2 heterocycles. The molecule has 72 heavy (non-hydrogen) atoms. The van der Waals surface area contributed by atoms with Gasteiger partial charge in [-0.15, -0.1) is 0 Å². The van der Waals surface area contributed by atoms with Crippen molar-refractivity contribution in [3.05, 3.63) is 191 Å². The summed E-state index contributed by atoms with van der Waals surface area (Å²) in [6.07, 6.45) is -26.1. The van der Waals surface area contributed by atoms with Gasteiger partial charge in [0.25, 0.3) is 0 Å². The van der Waals surface area contributed by atoms with Gasteiger partial charge in [-0.25, -0.2) is 0 Å². The van der Waals surface area contributed by atoms with Crippen LogP contribution in [0.5, 0.6) is 0 Å². The van der Waals surface area contributed by atoms with Crippen LogP contribution in [0.3, 0.4) is 0 Å². The Bertz CT molecular complexity index is 3870. The van der Waals surface area contributed by atoms with E-state index in [0.717, 1.165) is 22.8 Å². The number of hydrogen-bond donors (Lipinski definition) is 0. The summed E-state index contributed by atoms with van der Waals surface area (Å²) >= 11 is 0. The Kier molecular flexibility index (Phi) is 10.8. The van der Waals surface area contributed by atoms with Gasteiger partial charge in [0.1, 0.15) is 0 Å². The lowest BCUT2D eigenvalue weighted by Gasteiger charge is -2.22. The van der Waals surface area contributed by atoms with Gasteiger partial charge in [-0.2, -0.15) is 71.1 Å². The number of aromatic nitrogens is 2. The van der Waals surface area contributed by atoms with Crippen molar-refractivity contribution in [2.75, 3.05) is 0 Å². The topological polar surface area (TPSA) is 33.6 Å². The molecule has 0 N–H and O–H groups in total. The number of benzene rings is 8. The van der Waals surface area contributed by atoms with Crippen molar-refractivity contribution < 1.29 is 65.9 Å². The van der Waals surface area contributed by atoms with Gasteiger partial charge >= 0.3 is 30.9 Å². The summed E-state index contributed by atoms with van der Waals surface area (Å²) in [7, 11) is 0. The molecule has 0 amide bonds. The number of para-hydroxylation sites is 2. The first kappa shape index (κ1) is 47.5. The predicted octanol–water partition coefficient (Wildman–Crippen LogP) is 17.8. The first-order valence-electron chi connectivity index (χ1n) is 21.2. The zero-order valence-electron chi connectivity index (χ0n) is 36.0. The number of halogens is 15. The summed E-state index contributed by atoms with van der Waals surface area (Å²) in [5.74, 6) is 0. The Morgan fingerprint density at radius 1 is 0.319 bits per heavy atom. The van der Waals surface area contributed by atoms with Gasteiger partial charge in [-0.3, -0.25) is 0 Å². The summed E-state index contributed by atoms with van der Waals surface area (Å²) in [6.45, 7) is 0. The molecule has 0 saturated carbocycles. The van der Waals surface area contributed by atoms with Crippen LogP contribution < -0.4 is 0 Å². The second kappa shape index (κ2) is 16.4. The minimum absolute atomic E-state index is 0.00199. The second-order valence-electron chi connectivity index (χ2n) is 16.8. The van der Waals surface area contributed by atoms with Crippen LogP contribution in [0.1, 0.15) is 33.4 Å². The van der Waals surface area contributed by atoms with E-state index in [1.54, 1.807) is 30.3 Å². The predicted molar refractivity (Wildman–Crippen MR) is 241 cm³/mol. The second-order valence-corrected chi connectivity index (χ2v) is 16.8. The lowest BCUT2D eigenvalue weighted by atomic mass is 9.95. The van der Waals surface area contributed by atoms with Gasteiger partial charge in [-0.1, -0.05) is 84.9 Å². The Balaban J connectivity index is 1.31. The summed E-state index contributed by atoms with van der Waals surface area (Å²) in [5.41, 5.74) is -9.94. The van der Waals surface area contributed by atoms with Crippen molar-refractivity contribution in [1.82, 2.24) is 9.13 Å². The molecule has 0 radical (unpaired) electrons. The van der Waals surface area contributed by atoms with Crippen LogP contribution in [-0.4, -0.2) is 9.13 Å². The van der Waals surface area contributed by atoms with E-state index >= 15 is 13.2 Å². The minimum Gasteiger partial charge on any atom is -0.309 e. The molecule has 8 aromatic carbocycles. The molecule has 0 spiro atoms. The summed E-state index contributed by atoms with van der Waals surface area (Å²) in [5, 5.41) is 11.3. The van der Waals surface area contributed by atoms with Gasteiger partial charge in [0, 0.05) is 27.1 Å². The SMILES string of the molecule is N#Cc1cccc(-c2cc(-n3c4ccccc4c4ccc(-c5ccc(C(F)(F)F)cc5C(F)(F)F)cc43)c(C(F)(F)F)cc2-n2c3ccccc3c3ccc(-c4ccc(C(F)(F)F)cc4C(F)(F)F)cc32)c1. The first-order chi connectivity index (χ1) is 33.8. The van der Waals surface area contributed by atoms with E-state index in [0.29, 0.717) is 40.4 Å². The third kappa shape index (κ3) is 8.11. The van der Waals surface area contributed by atoms with Crippen molar-refractivity contribution in [2.45, 2.75) is 30.9 Å². The molecular weight excluding hydrogens is 976 g/mol. The van der Waals surface area contributed by atoms with Crippen LogP contribution in [-0.2, 0) is 30.9 Å². The van der Waals surface area contributed by atoms with E-state index in [-0.39, 0.29) is 73.1 Å². The molecule has 0 aliphatic carbocycles. The van der Waals surface area contributed by atoms with Crippen LogP contribution in [0.25, 0.3) is 88.4 Å². The highest BCUT2D eigenvalue weighted by atomic mass is 19.4. The van der Waals surface area contributed by atoms with Crippen LogP contribution in [0.15, 0.2) is 158 Å². The highest BCUT2D eigenvalue weighted by molar-refractivity contribution is 6.12. The highest BCUT2D eigenvalue weighted by Gasteiger charge is 2.41. The van der Waals surface area contributed by atoms with Gasteiger partial charge < -0.3 is 9.13 Å². The molecule has 362 valence electrons. The zero-order valence-corrected chi connectivity index (χ0v) is 36.0. The third-order valence-corrected chi connectivity index (χ3v) is 12.5. The smallest absolute Gasteiger partial charge is 0.309 e. The Hall–Kier alpha value is -8.20. The maximum atomic E-state index is 16.1. The lowest BCUT2D eigenvalue weighted by Crippen LogP contribution is -2.13. The quantitative estimate of drug-likeness (QED) is 0.158. The van der Waals surface area contributed by atoms with Crippen LogP contribution >= 0.6 is 0 Å². The van der Waals surface area contributed by atoms with E-state index in [1.807, 2.05) is 6.07 Å². The normalized spacial score (nSPS) is 12.9. The van der Waals surface area contributed by atoms with Crippen LogP contribution in [0.2, 0.25) is 0 Å². The van der Waals surface area contributed by atoms with E-state index < -0.39 is 75.5 Å². The van der Waals surface area contributed by atoms with Gasteiger partial charge in [0.2, 0.25) is 0 Å². The van der Waals surface area contributed by atoms with Crippen molar-refractivity contribution in [3.8, 4) is 50.8 Å². The molecule has 2 aromatic heterocycles. The molecule has 0 atom stereocenters. The standard InChI is InChI=1S/C54H26F15N3/c55-50(56,57)32-14-18-34(41(23-32)52(61,62)63)30-12-16-38-36-8-1-3-10-44(36)71(46(38)21-30)48-26-43(54(67,68)69)49(25-40(48)29-7-5-6-28(20-29)27-70)72-45-11-4-2-9-37(45)39-17-13-31(22-47(39)72)35-19-15-33(51(58,59)60)24-42(35)53(64,65)66/h1-26H. The molecule has 0 fully saturated rings. The zero-order chi connectivity index (χ0) is 51.4. The van der Waals surface area contributed by atoms with Crippen molar-refractivity contribution in [3.63, 3.8) is 0 Å². The minimum atomic E-state index is -5.31. The van der Waals surface area contributed by atoms with Crippen molar-refractivity contribution in [1.29, 1.82) is 5.26 Å². The van der Waals surface area contributed by atoms with Crippen LogP contribution in [0.4, 0.5) is 65.9 Å². The number of hydrogen-bond acceptors (Lipinski definition) is 1. The first-order valence-corrected chi connectivity index (χ1v) is 21.2. The maximum Gasteiger partial charge on any atom is 0.418 e. The van der Waals surface area contributed by atoms with Crippen molar-refractivity contribution >= 4 is 43.6 Å². The maximum absolute atomic E-state index is 16.1. The molecule has 3 nitrogen and oxygen atoms in total. The fraction of sp³-hybridized carbons (Fsp3) is 0.0926. The number of alkyl halides is 15. The summed E-state index contributed by atoms with van der Waals surface area (Å²) in [4.78, 5) is 0. The fourth-order valence-electron chi connectivity index (χ4n) is 9.37. The molecule has 0 unspecified atom stereocenters. The summed E-state index contributed by atoms with van der Waals surface area (Å²) < 4.78 is 220. The Morgan fingerprint density at radius 2 is 0.750 bits per heavy atom. The Morgan fingerprint density at radius 3 is 1.19 bits per heavy atom. The highest BCUT2D eigenvalue weighted by Crippen LogP contribution is 2.48. The average Bonchev–Trinajstić information content (AvgIpc) is 3.83. The summed E-state index contributed by atoms with van der Waals surface area (Å²) in [6, 6.07) is 31.8. The number of rotatable bonds is 5. The van der Waals surface area contributed by atoms with Crippen molar-refractivity contribution in [2.24, 2.45) is 0 Å². The largest absolute Gasteiger partial charge is 0.418 e. The molecule has 0 aliphatic rings. The average molecular weight is 1000 g/mol. The van der Waals surface area contributed by atoms with Gasteiger partial charge in [0.15, 0.2) is 0 Å². The lowest BCUT2D eigenvalue weighted by molar-refractivity contribution is -0.144. The fourth-order valence-corrected chi connectivity index (χ4v) is 9.37. The van der Waals surface area contributed by atoms with Gasteiger partial charge in [-0.05, 0) is 101 Å². The molecule has 10 aromatic rings. The van der Waals surface area contributed by atoms with Crippen LogP contribution in [0, 0.1) is 11.3 Å². The molecule has 18 heteroatoms. The molecule has 0 bridgehead atoms. The monoisotopic (exact) mass is 1000 g/mol. The molecule has 10 rings (SSSR count). The third-order valence-electron chi connectivity index (χ3n) is 12.5. The van der Waals surface area contributed by atoms with E-state index in [9.17, 15) is 57.9 Å². The molecular formula is C54H26F15N3.